The minimum absolute atomic E-state index is 0.0880. The molecule has 1 unspecified atom stereocenters. The Hall–Kier alpha value is -2.57. The predicted molar refractivity (Wildman–Crippen MR) is 99.4 cm³/mol. The number of nitrogens with one attached hydrogen (secondary N) is 2. The van der Waals surface area contributed by atoms with Crippen LogP contribution in [0.2, 0.25) is 0 Å². The van der Waals surface area contributed by atoms with E-state index in [1.54, 1.807) is 13.8 Å². The van der Waals surface area contributed by atoms with E-state index in [0.717, 1.165) is 5.56 Å². The SMILES string of the molecule is COC(=O)CC(C(=O)NCc1ccccc1)N(C(=O)NC(C)C)C(C)C. The van der Waals surface area contributed by atoms with Gasteiger partial charge in [0.2, 0.25) is 5.91 Å². The third-order valence-electron chi connectivity index (χ3n) is 3.74. The summed E-state index contributed by atoms with van der Waals surface area (Å²) in [6, 6.07) is 7.72. The molecule has 0 bridgehead atoms. The molecule has 1 aromatic carbocycles. The highest BCUT2D eigenvalue weighted by Gasteiger charge is 2.34. The van der Waals surface area contributed by atoms with Gasteiger partial charge in [0, 0.05) is 18.6 Å². The molecular weight excluding hydrogens is 334 g/mol. The van der Waals surface area contributed by atoms with Crippen LogP contribution < -0.4 is 10.6 Å². The van der Waals surface area contributed by atoms with Crippen LogP contribution in [-0.2, 0) is 20.9 Å². The Bertz CT molecular complexity index is 602. The monoisotopic (exact) mass is 363 g/mol. The van der Waals surface area contributed by atoms with Crippen molar-refractivity contribution in [1.82, 2.24) is 15.5 Å². The molecule has 1 aromatic rings. The number of nitrogens with zero attached hydrogens (tertiary/aromatic N) is 1. The Kier molecular flexibility index (Phi) is 8.61. The van der Waals surface area contributed by atoms with E-state index in [-0.39, 0.29) is 18.5 Å². The molecule has 0 aliphatic carbocycles. The lowest BCUT2D eigenvalue weighted by Gasteiger charge is -2.34. The summed E-state index contributed by atoms with van der Waals surface area (Å²) in [5, 5.41) is 5.58. The molecule has 26 heavy (non-hydrogen) atoms. The van der Waals surface area contributed by atoms with Gasteiger partial charge in [-0.2, -0.15) is 0 Å². The molecule has 0 saturated heterocycles. The lowest BCUT2D eigenvalue weighted by molar-refractivity contribution is -0.144. The van der Waals surface area contributed by atoms with Gasteiger partial charge >= 0.3 is 12.0 Å². The summed E-state index contributed by atoms with van der Waals surface area (Å²) in [5.41, 5.74) is 0.931. The minimum Gasteiger partial charge on any atom is -0.469 e. The summed E-state index contributed by atoms with van der Waals surface area (Å²) >= 11 is 0. The van der Waals surface area contributed by atoms with Crippen LogP contribution in [0.4, 0.5) is 4.79 Å². The van der Waals surface area contributed by atoms with E-state index in [9.17, 15) is 14.4 Å². The fourth-order valence-electron chi connectivity index (χ4n) is 2.52. The Balaban J connectivity index is 2.97. The lowest BCUT2D eigenvalue weighted by atomic mass is 10.1. The summed E-state index contributed by atoms with van der Waals surface area (Å²) in [7, 11) is 1.26. The molecule has 7 nitrogen and oxygen atoms in total. The second kappa shape index (κ2) is 10.4. The molecule has 0 radical (unpaired) electrons. The number of esters is 1. The summed E-state index contributed by atoms with van der Waals surface area (Å²) < 4.78 is 4.71. The molecule has 0 aliphatic rings. The van der Waals surface area contributed by atoms with Crippen molar-refractivity contribution < 1.29 is 19.1 Å². The first-order valence-corrected chi connectivity index (χ1v) is 8.73. The van der Waals surface area contributed by atoms with Crippen LogP contribution in [0.5, 0.6) is 0 Å². The second-order valence-corrected chi connectivity index (χ2v) is 6.60. The quantitative estimate of drug-likeness (QED) is 0.692. The number of methoxy groups -OCH3 is 1. The number of ether oxygens (including phenoxy) is 1. The van der Waals surface area contributed by atoms with Gasteiger partial charge in [-0.05, 0) is 33.3 Å². The van der Waals surface area contributed by atoms with Crippen molar-refractivity contribution in [3.05, 3.63) is 35.9 Å². The number of hydrogen-bond donors (Lipinski definition) is 2. The number of benzene rings is 1. The van der Waals surface area contributed by atoms with Gasteiger partial charge in [-0.1, -0.05) is 30.3 Å². The highest BCUT2D eigenvalue weighted by molar-refractivity contribution is 5.90. The summed E-state index contributed by atoms with van der Waals surface area (Å²) in [4.78, 5) is 38.5. The molecule has 144 valence electrons. The van der Waals surface area contributed by atoms with Crippen LogP contribution in [-0.4, -0.2) is 48.0 Å². The Morgan fingerprint density at radius 3 is 2.19 bits per heavy atom. The van der Waals surface area contributed by atoms with Crippen LogP contribution in [0.1, 0.15) is 39.7 Å². The lowest BCUT2D eigenvalue weighted by Crippen LogP contribution is -2.57. The molecule has 0 saturated carbocycles. The van der Waals surface area contributed by atoms with Crippen molar-refractivity contribution >= 4 is 17.9 Å². The number of carbonyl (C=O) groups is 3. The molecule has 1 atom stereocenters. The maximum absolute atomic E-state index is 12.8. The van der Waals surface area contributed by atoms with Gasteiger partial charge in [0.15, 0.2) is 0 Å². The zero-order chi connectivity index (χ0) is 19.7. The molecule has 2 N–H and O–H groups in total. The van der Waals surface area contributed by atoms with E-state index in [2.05, 4.69) is 10.6 Å². The van der Waals surface area contributed by atoms with Gasteiger partial charge in [-0.3, -0.25) is 9.59 Å². The van der Waals surface area contributed by atoms with Crippen molar-refractivity contribution in [3.8, 4) is 0 Å². The molecule has 0 heterocycles. The number of hydrogen-bond acceptors (Lipinski definition) is 4. The summed E-state index contributed by atoms with van der Waals surface area (Å²) in [6.45, 7) is 7.58. The van der Waals surface area contributed by atoms with Gasteiger partial charge in [0.1, 0.15) is 6.04 Å². The Morgan fingerprint density at radius 1 is 1.08 bits per heavy atom. The average Bonchev–Trinajstić information content (AvgIpc) is 2.58. The van der Waals surface area contributed by atoms with E-state index in [0.29, 0.717) is 6.54 Å². The fourth-order valence-corrected chi connectivity index (χ4v) is 2.52. The van der Waals surface area contributed by atoms with E-state index < -0.39 is 23.9 Å². The first-order chi connectivity index (χ1) is 12.3. The van der Waals surface area contributed by atoms with Gasteiger partial charge in [-0.25, -0.2) is 4.79 Å². The van der Waals surface area contributed by atoms with E-state index >= 15 is 0 Å². The first-order valence-electron chi connectivity index (χ1n) is 8.73. The standard InChI is InChI=1S/C19H29N3O4/c1-13(2)21-19(25)22(14(3)4)16(11-17(23)26-5)18(24)20-12-15-9-7-6-8-10-15/h6-10,13-14,16H,11-12H2,1-5H3,(H,20,24)(H,21,25). The molecule has 0 aliphatic heterocycles. The fraction of sp³-hybridized carbons (Fsp3) is 0.526. The molecule has 1 rings (SSSR count). The largest absolute Gasteiger partial charge is 0.469 e. The van der Waals surface area contributed by atoms with E-state index in [1.807, 2.05) is 44.2 Å². The van der Waals surface area contributed by atoms with Crippen LogP contribution in [0, 0.1) is 0 Å². The molecule has 0 fully saturated rings. The Labute approximate surface area is 155 Å². The number of rotatable bonds is 8. The van der Waals surface area contributed by atoms with Gasteiger partial charge in [0.05, 0.1) is 13.5 Å². The normalized spacial score (nSPS) is 11.8. The highest BCUT2D eigenvalue weighted by Crippen LogP contribution is 2.12. The molecule has 7 heteroatoms. The first kappa shape index (κ1) is 21.5. The van der Waals surface area contributed by atoms with Gasteiger partial charge < -0.3 is 20.3 Å². The van der Waals surface area contributed by atoms with Crippen molar-refractivity contribution in [2.75, 3.05) is 7.11 Å². The maximum atomic E-state index is 12.8. The predicted octanol–water partition coefficient (Wildman–Crippen LogP) is 2.06. The topological polar surface area (TPSA) is 87.7 Å². The Morgan fingerprint density at radius 2 is 1.69 bits per heavy atom. The van der Waals surface area contributed by atoms with Crippen molar-refractivity contribution in [1.29, 1.82) is 0 Å². The zero-order valence-electron chi connectivity index (χ0n) is 16.1. The van der Waals surface area contributed by atoms with Crippen LogP contribution in [0.15, 0.2) is 30.3 Å². The van der Waals surface area contributed by atoms with Crippen molar-refractivity contribution in [2.24, 2.45) is 0 Å². The van der Waals surface area contributed by atoms with Crippen LogP contribution >= 0.6 is 0 Å². The van der Waals surface area contributed by atoms with E-state index in [1.165, 1.54) is 12.0 Å². The third kappa shape index (κ3) is 6.74. The summed E-state index contributed by atoms with van der Waals surface area (Å²) in [5.74, 6) is -0.945. The molecule has 0 spiro atoms. The smallest absolute Gasteiger partial charge is 0.318 e. The number of carbonyl (C=O) groups excluding carboxylic acids is 3. The van der Waals surface area contributed by atoms with Crippen LogP contribution in [0.3, 0.4) is 0 Å². The number of urea groups is 1. The highest BCUT2D eigenvalue weighted by atomic mass is 16.5. The van der Waals surface area contributed by atoms with Gasteiger partial charge in [0.25, 0.3) is 0 Å². The van der Waals surface area contributed by atoms with Gasteiger partial charge in [-0.15, -0.1) is 0 Å². The minimum atomic E-state index is -0.954. The second-order valence-electron chi connectivity index (χ2n) is 6.60. The van der Waals surface area contributed by atoms with Crippen LogP contribution in [0.25, 0.3) is 0 Å². The zero-order valence-corrected chi connectivity index (χ0v) is 16.1. The molecule has 0 aromatic heterocycles. The molecule has 3 amide bonds. The van der Waals surface area contributed by atoms with Crippen molar-refractivity contribution in [2.45, 2.75) is 58.8 Å². The molecular formula is C19H29N3O4. The van der Waals surface area contributed by atoms with E-state index in [4.69, 9.17) is 4.74 Å². The third-order valence-corrected chi connectivity index (χ3v) is 3.74. The average molecular weight is 363 g/mol. The number of amides is 3. The van der Waals surface area contributed by atoms with Crippen molar-refractivity contribution in [3.63, 3.8) is 0 Å². The summed E-state index contributed by atoms with van der Waals surface area (Å²) in [6.07, 6.45) is -0.208. The maximum Gasteiger partial charge on any atom is 0.318 e.